The third-order valence-corrected chi connectivity index (χ3v) is 14.5. The van der Waals surface area contributed by atoms with Gasteiger partial charge in [-0.25, -0.2) is 0 Å². The fourth-order valence-electron chi connectivity index (χ4n) is 8.54. The second-order valence-corrected chi connectivity index (χ2v) is 22.9. The van der Waals surface area contributed by atoms with Crippen LogP contribution >= 0.6 is 0 Å². The van der Waals surface area contributed by atoms with Crippen molar-refractivity contribution in [2.24, 2.45) is 0 Å². The van der Waals surface area contributed by atoms with E-state index >= 15 is 0 Å². The van der Waals surface area contributed by atoms with Crippen LogP contribution in [0.2, 0.25) is 0 Å². The highest BCUT2D eigenvalue weighted by molar-refractivity contribution is 5.71. The number of hydrogen-bond acceptors (Lipinski definition) is 30. The molecule has 30 heteroatoms. The summed E-state index contributed by atoms with van der Waals surface area (Å²) >= 11 is 0. The van der Waals surface area contributed by atoms with Gasteiger partial charge in [0.2, 0.25) is 0 Å². The number of ether oxygens (including phenoxy) is 6. The summed E-state index contributed by atoms with van der Waals surface area (Å²) in [6.07, 6.45) is -42.7. The molecule has 0 rings (SSSR count). The summed E-state index contributed by atoms with van der Waals surface area (Å²) in [6, 6.07) is 0. The lowest BCUT2D eigenvalue weighted by Gasteiger charge is -2.33. The van der Waals surface area contributed by atoms with Crippen molar-refractivity contribution in [1.29, 1.82) is 0 Å². The number of aliphatic hydroxyl groups excluding tert-OH is 18. The van der Waals surface area contributed by atoms with Gasteiger partial charge in [-0.3, -0.25) is 24.0 Å². The lowest BCUT2D eigenvalue weighted by atomic mass is 9.98. The maximum atomic E-state index is 13.6. The molecule has 0 aromatic rings. The Morgan fingerprint density at radius 3 is 0.805 bits per heavy atom. The van der Waals surface area contributed by atoms with E-state index in [-0.39, 0.29) is 38.5 Å². The number of rotatable bonds is 49. The molecule has 0 aliphatic rings. The largest absolute Gasteiger partial charge is 0.460 e. The molecule has 0 aromatic carbocycles. The molecule has 0 radical (unpaired) electrons. The zero-order chi connectivity index (χ0) is 67.0. The fourth-order valence-corrected chi connectivity index (χ4v) is 8.54. The van der Waals surface area contributed by atoms with Crippen LogP contribution < -0.4 is 0 Å². The molecule has 87 heavy (non-hydrogen) atoms. The van der Waals surface area contributed by atoms with Crippen molar-refractivity contribution in [2.45, 2.75) is 324 Å². The van der Waals surface area contributed by atoms with Gasteiger partial charge < -0.3 is 125 Å². The molecule has 0 aliphatic heterocycles. The Hall–Kier alpha value is -3.74. The molecule has 0 fully saturated rings. The fraction of sp³-hybridized carbons (Fsp3) is 0.895. The lowest BCUT2D eigenvalue weighted by molar-refractivity contribution is -0.179. The quantitative estimate of drug-likeness (QED) is 0.0158. The van der Waals surface area contributed by atoms with E-state index in [1.165, 1.54) is 41.5 Å². The molecule has 24 atom stereocenters. The summed E-state index contributed by atoms with van der Waals surface area (Å²) in [5.74, 6) is -4.94. The summed E-state index contributed by atoms with van der Waals surface area (Å²) in [7, 11) is 0. The van der Waals surface area contributed by atoms with E-state index in [4.69, 9.17) is 28.4 Å². The second kappa shape index (κ2) is 43.9. The van der Waals surface area contributed by atoms with E-state index in [2.05, 4.69) is 0 Å². The van der Waals surface area contributed by atoms with E-state index < -0.39 is 259 Å². The standard InChI is InChI=1S/C57H104O30/c1-28(2)82-50(10-9-21-58)52(87-57(81)20-15-39(66)49(76)26-44(71)33(7)84-54(78)17-12-36(63)46(73)23-41(68)30(4)60)27-51(34(8)85-55(79)18-13-37(64)47(74)24-42(69)31(5)61)86-56(80)19-14-38(65)48(75)25-43(70)32(6)83-53(77)16-11-35(62)45(72)22-40(67)29(3)59/h21,28-52,59-76H,9-20,22-27H2,1-8H3. The van der Waals surface area contributed by atoms with E-state index in [1.807, 2.05) is 0 Å². The Balaban J connectivity index is 6.30. The maximum absolute atomic E-state index is 13.6. The van der Waals surface area contributed by atoms with Gasteiger partial charge in [-0.1, -0.05) is 0 Å². The summed E-state index contributed by atoms with van der Waals surface area (Å²) in [4.78, 5) is 77.0. The molecule has 30 nitrogen and oxygen atoms in total. The van der Waals surface area contributed by atoms with Crippen LogP contribution in [0.3, 0.4) is 0 Å². The third-order valence-electron chi connectivity index (χ3n) is 14.5. The first-order chi connectivity index (χ1) is 40.4. The van der Waals surface area contributed by atoms with Crippen LogP contribution in [0.5, 0.6) is 0 Å². The van der Waals surface area contributed by atoms with Crippen LogP contribution in [0, 0.1) is 0 Å². The molecule has 18 N–H and O–H groups in total. The molecular formula is C57H104O30. The molecule has 0 amide bonds. The monoisotopic (exact) mass is 1270 g/mol. The summed E-state index contributed by atoms with van der Waals surface area (Å²) in [6.45, 7) is 10.9. The number of aliphatic hydroxyl groups is 18. The molecule has 0 saturated heterocycles. The van der Waals surface area contributed by atoms with Crippen molar-refractivity contribution in [3.8, 4) is 0 Å². The van der Waals surface area contributed by atoms with Gasteiger partial charge in [-0.15, -0.1) is 0 Å². The van der Waals surface area contributed by atoms with Crippen LogP contribution in [0.25, 0.3) is 0 Å². The van der Waals surface area contributed by atoms with Gasteiger partial charge in [0.15, 0.2) is 0 Å². The summed E-state index contributed by atoms with van der Waals surface area (Å²) in [5, 5.41) is 184. The molecule has 0 saturated carbocycles. The Morgan fingerprint density at radius 2 is 0.540 bits per heavy atom. The Kier molecular flexibility index (Phi) is 42.0. The average Bonchev–Trinajstić information content (AvgIpc) is 3.63. The first kappa shape index (κ1) is 83.3. The van der Waals surface area contributed by atoms with Crippen molar-refractivity contribution in [3.05, 3.63) is 0 Å². The molecule has 24 unspecified atom stereocenters. The van der Waals surface area contributed by atoms with Crippen LogP contribution in [-0.2, 0) is 57.2 Å². The lowest BCUT2D eigenvalue weighted by Crippen LogP contribution is -2.43. The van der Waals surface area contributed by atoms with Crippen molar-refractivity contribution >= 4 is 36.1 Å². The third kappa shape index (κ3) is 36.0. The number of aldehydes is 1. The van der Waals surface area contributed by atoms with E-state index in [0.717, 1.165) is 0 Å². The molecule has 0 aromatic heterocycles. The Morgan fingerprint density at radius 1 is 0.287 bits per heavy atom. The van der Waals surface area contributed by atoms with Gasteiger partial charge in [-0.05, 0) is 93.9 Å². The average molecular weight is 1270 g/mol. The minimum absolute atomic E-state index is 0.0879. The van der Waals surface area contributed by atoms with Crippen LogP contribution in [0.1, 0.15) is 171 Å². The Labute approximate surface area is 507 Å². The molecule has 0 spiro atoms. The number of hydrogen-bond donors (Lipinski definition) is 18. The first-order valence-electron chi connectivity index (χ1n) is 29.7. The number of carbonyl (C=O) groups excluding carboxylic acids is 6. The minimum atomic E-state index is -1.73. The van der Waals surface area contributed by atoms with E-state index in [1.54, 1.807) is 13.8 Å². The van der Waals surface area contributed by atoms with Crippen molar-refractivity contribution in [3.63, 3.8) is 0 Å². The highest BCUT2D eigenvalue weighted by atomic mass is 16.6. The van der Waals surface area contributed by atoms with Crippen LogP contribution in [-0.4, -0.2) is 281 Å². The number of carbonyl (C=O) groups is 6. The Bertz CT molecular complexity index is 1910. The van der Waals surface area contributed by atoms with Crippen LogP contribution in [0.4, 0.5) is 0 Å². The number of esters is 5. The molecular weight excluding hydrogens is 1160 g/mol. The molecule has 0 heterocycles. The SMILES string of the molecule is CC(C)OC(CCC=O)C(CC(OC(=O)CCC(O)C(O)CC(O)C(C)OC(=O)CCC(O)C(O)CC(O)C(C)O)C(C)OC(=O)CCC(O)C(O)CC(O)C(C)O)OC(=O)CCC(O)C(O)CC(O)C(C)OC(=O)CCC(O)C(O)CC(O)C(C)O. The van der Waals surface area contributed by atoms with Crippen molar-refractivity contribution in [2.75, 3.05) is 0 Å². The summed E-state index contributed by atoms with van der Waals surface area (Å²) in [5.41, 5.74) is 0. The minimum Gasteiger partial charge on any atom is -0.460 e. The smallest absolute Gasteiger partial charge is 0.306 e. The molecule has 512 valence electrons. The second-order valence-electron chi connectivity index (χ2n) is 22.9. The molecule has 0 bridgehead atoms. The molecule has 0 aliphatic carbocycles. The predicted molar refractivity (Wildman–Crippen MR) is 301 cm³/mol. The van der Waals surface area contributed by atoms with Gasteiger partial charge in [0, 0.05) is 77.0 Å². The van der Waals surface area contributed by atoms with Gasteiger partial charge in [0.1, 0.15) is 36.8 Å². The van der Waals surface area contributed by atoms with Gasteiger partial charge in [-0.2, -0.15) is 0 Å². The van der Waals surface area contributed by atoms with Crippen molar-refractivity contribution in [1.82, 2.24) is 0 Å². The first-order valence-corrected chi connectivity index (χ1v) is 29.7. The van der Waals surface area contributed by atoms with E-state index in [9.17, 15) is 121 Å². The van der Waals surface area contributed by atoms with Gasteiger partial charge in [0.05, 0.1) is 122 Å². The van der Waals surface area contributed by atoms with Crippen LogP contribution in [0.15, 0.2) is 0 Å². The zero-order valence-electron chi connectivity index (χ0n) is 51.2. The van der Waals surface area contributed by atoms with Gasteiger partial charge in [0.25, 0.3) is 0 Å². The topological polar surface area (TPSA) is 522 Å². The maximum Gasteiger partial charge on any atom is 0.306 e. The highest BCUT2D eigenvalue weighted by Gasteiger charge is 2.37. The zero-order valence-corrected chi connectivity index (χ0v) is 51.2. The van der Waals surface area contributed by atoms with E-state index in [0.29, 0.717) is 6.29 Å². The summed E-state index contributed by atoms with van der Waals surface area (Å²) < 4.78 is 33.5. The van der Waals surface area contributed by atoms with Gasteiger partial charge >= 0.3 is 29.8 Å². The van der Waals surface area contributed by atoms with Crippen molar-refractivity contribution < 1.29 is 149 Å². The predicted octanol–water partition coefficient (Wildman–Crippen LogP) is -3.82. The normalized spacial score (nSPS) is 20.4. The highest BCUT2D eigenvalue weighted by Crippen LogP contribution is 2.25.